The van der Waals surface area contributed by atoms with Crippen molar-refractivity contribution in [3.8, 4) is 11.5 Å². The summed E-state index contributed by atoms with van der Waals surface area (Å²) >= 11 is 19.0. The number of hydrogen-bond donors (Lipinski definition) is 1. The Morgan fingerprint density at radius 3 is 2.13 bits per heavy atom. The molecular weight excluding hydrogens is 441 g/mol. The van der Waals surface area contributed by atoms with Gasteiger partial charge in [0, 0.05) is 28.7 Å². The second-order valence-corrected chi connectivity index (χ2v) is 8.14. The first-order chi connectivity index (χ1) is 14.5. The van der Waals surface area contributed by atoms with Crippen LogP contribution in [0.3, 0.4) is 0 Å². The van der Waals surface area contributed by atoms with Gasteiger partial charge in [0.05, 0.1) is 11.6 Å². The minimum Gasteiger partial charge on any atom is -0.490 e. The topological polar surface area (TPSA) is 30.5 Å². The van der Waals surface area contributed by atoms with Crippen molar-refractivity contribution in [2.45, 2.75) is 33.5 Å². The summed E-state index contributed by atoms with van der Waals surface area (Å²) in [5.41, 5.74) is 4.20. The van der Waals surface area contributed by atoms with E-state index in [0.29, 0.717) is 45.3 Å². The number of rotatable bonds is 9. The second kappa shape index (κ2) is 10.9. The zero-order valence-electron chi connectivity index (χ0n) is 17.0. The Kier molecular flexibility index (Phi) is 8.29. The molecule has 3 rings (SSSR count). The van der Waals surface area contributed by atoms with Crippen LogP contribution >= 0.6 is 34.8 Å². The van der Waals surface area contributed by atoms with Gasteiger partial charge >= 0.3 is 0 Å². The average Bonchev–Trinajstić information content (AvgIpc) is 2.71. The largest absolute Gasteiger partial charge is 0.490 e. The van der Waals surface area contributed by atoms with Crippen molar-refractivity contribution in [2.24, 2.45) is 0 Å². The van der Waals surface area contributed by atoms with Gasteiger partial charge in [0.15, 0.2) is 11.5 Å². The van der Waals surface area contributed by atoms with Crippen LogP contribution in [0.1, 0.15) is 29.2 Å². The van der Waals surface area contributed by atoms with Crippen molar-refractivity contribution >= 4 is 34.8 Å². The fourth-order valence-corrected chi connectivity index (χ4v) is 3.79. The lowest BCUT2D eigenvalue weighted by Gasteiger charge is -2.16. The first kappa shape index (κ1) is 22.8. The third-order valence-corrected chi connectivity index (χ3v) is 5.56. The average molecular weight is 465 g/mol. The van der Waals surface area contributed by atoms with Crippen LogP contribution in [-0.4, -0.2) is 6.61 Å². The maximum atomic E-state index is 6.53. The second-order valence-electron chi connectivity index (χ2n) is 6.92. The maximum absolute atomic E-state index is 6.53. The maximum Gasteiger partial charge on any atom is 0.180 e. The van der Waals surface area contributed by atoms with Crippen molar-refractivity contribution in [2.75, 3.05) is 6.61 Å². The molecule has 0 unspecified atom stereocenters. The quantitative estimate of drug-likeness (QED) is 0.362. The molecule has 0 fully saturated rings. The van der Waals surface area contributed by atoms with Gasteiger partial charge in [-0.1, -0.05) is 70.7 Å². The first-order valence-electron chi connectivity index (χ1n) is 9.75. The number of ether oxygens (including phenoxy) is 2. The van der Waals surface area contributed by atoms with Gasteiger partial charge in [-0.15, -0.1) is 0 Å². The molecule has 0 aliphatic rings. The van der Waals surface area contributed by atoms with Gasteiger partial charge in [-0.25, -0.2) is 0 Å². The van der Waals surface area contributed by atoms with Crippen LogP contribution in [0, 0.1) is 6.92 Å². The summed E-state index contributed by atoms with van der Waals surface area (Å²) in [7, 11) is 0. The Hall–Kier alpha value is -1.91. The smallest absolute Gasteiger partial charge is 0.180 e. The molecule has 0 atom stereocenters. The van der Waals surface area contributed by atoms with Crippen LogP contribution in [0.2, 0.25) is 15.1 Å². The van der Waals surface area contributed by atoms with Crippen molar-refractivity contribution < 1.29 is 9.47 Å². The van der Waals surface area contributed by atoms with Gasteiger partial charge in [-0.3, -0.25) is 0 Å². The normalized spacial score (nSPS) is 10.8. The molecule has 0 heterocycles. The van der Waals surface area contributed by atoms with Crippen molar-refractivity contribution in [1.82, 2.24) is 5.32 Å². The van der Waals surface area contributed by atoms with Gasteiger partial charge in [0.2, 0.25) is 0 Å². The highest BCUT2D eigenvalue weighted by molar-refractivity contribution is 6.36. The van der Waals surface area contributed by atoms with E-state index < -0.39 is 0 Å². The Bertz CT molecular complexity index is 970. The monoisotopic (exact) mass is 463 g/mol. The third kappa shape index (κ3) is 6.05. The van der Waals surface area contributed by atoms with E-state index in [1.54, 1.807) is 18.2 Å². The fourth-order valence-electron chi connectivity index (χ4n) is 3.00. The summed E-state index contributed by atoms with van der Waals surface area (Å²) < 4.78 is 11.7. The highest BCUT2D eigenvalue weighted by Crippen LogP contribution is 2.38. The minimum absolute atomic E-state index is 0.198. The van der Waals surface area contributed by atoms with Crippen LogP contribution in [0.15, 0.2) is 54.6 Å². The molecule has 3 nitrogen and oxygen atoms in total. The molecular formula is C24H24Cl3NO2. The zero-order chi connectivity index (χ0) is 21.5. The molecule has 158 valence electrons. The van der Waals surface area contributed by atoms with Crippen LogP contribution in [0.25, 0.3) is 0 Å². The minimum atomic E-state index is 0.198. The van der Waals surface area contributed by atoms with Gasteiger partial charge < -0.3 is 14.8 Å². The molecule has 6 heteroatoms. The number of aryl methyl sites for hydroxylation is 1. The molecule has 3 aromatic carbocycles. The molecule has 30 heavy (non-hydrogen) atoms. The summed E-state index contributed by atoms with van der Waals surface area (Å²) in [6.45, 7) is 6.13. The van der Waals surface area contributed by atoms with Gasteiger partial charge in [-0.2, -0.15) is 0 Å². The standard InChI is InChI=1S/C24H24Cl3NO2/c1-3-29-23-12-18(14-28-13-17-9-7-16(2)8-10-17)11-22(27)24(23)30-15-19-20(25)5-4-6-21(19)26/h4-12,28H,3,13-15H2,1-2H3. The predicted octanol–water partition coefficient (Wildman–Crippen LogP) is 7.22. The number of benzene rings is 3. The molecule has 0 aliphatic heterocycles. The zero-order valence-corrected chi connectivity index (χ0v) is 19.2. The van der Waals surface area contributed by atoms with Gasteiger partial charge in [0.25, 0.3) is 0 Å². The fraction of sp³-hybridized carbons (Fsp3) is 0.250. The van der Waals surface area contributed by atoms with E-state index in [4.69, 9.17) is 44.3 Å². The highest BCUT2D eigenvalue weighted by Gasteiger charge is 2.15. The molecule has 0 aromatic heterocycles. The van der Waals surface area contributed by atoms with Crippen molar-refractivity contribution in [1.29, 1.82) is 0 Å². The summed E-state index contributed by atoms with van der Waals surface area (Å²) in [5.74, 6) is 1.08. The lowest BCUT2D eigenvalue weighted by Crippen LogP contribution is -2.13. The Morgan fingerprint density at radius 1 is 0.800 bits per heavy atom. The van der Waals surface area contributed by atoms with Crippen LogP contribution in [0.4, 0.5) is 0 Å². The van der Waals surface area contributed by atoms with Gasteiger partial charge in [-0.05, 0) is 49.2 Å². The molecule has 0 bridgehead atoms. The van der Waals surface area contributed by atoms with Gasteiger partial charge in [0.1, 0.15) is 6.61 Å². The van der Waals surface area contributed by atoms with E-state index in [9.17, 15) is 0 Å². The molecule has 0 spiro atoms. The summed E-state index contributed by atoms with van der Waals surface area (Å²) in [5, 5.41) is 5.02. The number of nitrogens with one attached hydrogen (secondary N) is 1. The SMILES string of the molecule is CCOc1cc(CNCc2ccc(C)cc2)cc(Cl)c1OCc1c(Cl)cccc1Cl. The molecule has 0 amide bonds. The van der Waals surface area contributed by atoms with E-state index in [1.165, 1.54) is 11.1 Å². The summed E-state index contributed by atoms with van der Waals surface area (Å²) in [4.78, 5) is 0. The third-order valence-electron chi connectivity index (χ3n) is 4.57. The highest BCUT2D eigenvalue weighted by atomic mass is 35.5. The van der Waals surface area contributed by atoms with E-state index in [-0.39, 0.29) is 6.61 Å². The van der Waals surface area contributed by atoms with Crippen LogP contribution < -0.4 is 14.8 Å². The molecule has 0 saturated heterocycles. The number of hydrogen-bond acceptors (Lipinski definition) is 3. The molecule has 0 saturated carbocycles. The van der Waals surface area contributed by atoms with Crippen LogP contribution in [0.5, 0.6) is 11.5 Å². The lowest BCUT2D eigenvalue weighted by atomic mass is 10.1. The lowest BCUT2D eigenvalue weighted by molar-refractivity contribution is 0.269. The van der Waals surface area contributed by atoms with E-state index in [0.717, 1.165) is 12.1 Å². The van der Waals surface area contributed by atoms with E-state index in [2.05, 4.69) is 36.5 Å². The van der Waals surface area contributed by atoms with E-state index >= 15 is 0 Å². The Labute approximate surface area is 192 Å². The summed E-state index contributed by atoms with van der Waals surface area (Å²) in [6.07, 6.45) is 0. The van der Waals surface area contributed by atoms with Crippen molar-refractivity contribution in [3.05, 3.63) is 91.9 Å². The Morgan fingerprint density at radius 2 is 1.47 bits per heavy atom. The molecule has 1 N–H and O–H groups in total. The Balaban J connectivity index is 1.70. The molecule has 3 aromatic rings. The van der Waals surface area contributed by atoms with Crippen LogP contribution in [-0.2, 0) is 19.7 Å². The van der Waals surface area contributed by atoms with E-state index in [1.807, 2.05) is 19.1 Å². The first-order valence-corrected chi connectivity index (χ1v) is 10.9. The predicted molar refractivity (Wildman–Crippen MR) is 125 cm³/mol. The molecule has 0 aliphatic carbocycles. The molecule has 0 radical (unpaired) electrons. The van der Waals surface area contributed by atoms with Crippen molar-refractivity contribution in [3.63, 3.8) is 0 Å². The number of halogens is 3. The summed E-state index contributed by atoms with van der Waals surface area (Å²) in [6, 6.07) is 17.6.